The van der Waals surface area contributed by atoms with Gasteiger partial charge in [0, 0.05) is 5.56 Å². The molecular formula is C15H23F2N. The van der Waals surface area contributed by atoms with Crippen molar-refractivity contribution in [3.63, 3.8) is 0 Å². The van der Waals surface area contributed by atoms with E-state index in [2.05, 4.69) is 19.2 Å². The van der Waals surface area contributed by atoms with E-state index in [9.17, 15) is 8.78 Å². The average molecular weight is 255 g/mol. The van der Waals surface area contributed by atoms with Crippen molar-refractivity contribution in [2.45, 2.75) is 33.6 Å². The fourth-order valence-corrected chi connectivity index (χ4v) is 1.92. The van der Waals surface area contributed by atoms with Crippen molar-refractivity contribution in [2.75, 3.05) is 13.1 Å². The molecule has 1 nitrogen and oxygen atoms in total. The molecule has 0 saturated carbocycles. The first-order valence-corrected chi connectivity index (χ1v) is 6.64. The van der Waals surface area contributed by atoms with Crippen LogP contribution in [0.15, 0.2) is 18.2 Å². The molecule has 1 N–H and O–H groups in total. The van der Waals surface area contributed by atoms with Crippen molar-refractivity contribution in [1.82, 2.24) is 5.32 Å². The molecule has 0 radical (unpaired) electrons. The SMILES string of the molecule is CC(C)CNCCC(C)Cc1c(F)cccc1F. The average Bonchev–Trinajstić information content (AvgIpc) is 2.29. The summed E-state index contributed by atoms with van der Waals surface area (Å²) >= 11 is 0. The summed E-state index contributed by atoms with van der Waals surface area (Å²) in [6, 6.07) is 4.05. The maximum atomic E-state index is 13.4. The van der Waals surface area contributed by atoms with Crippen LogP contribution in [-0.2, 0) is 6.42 Å². The minimum absolute atomic E-state index is 0.217. The van der Waals surface area contributed by atoms with E-state index in [1.807, 2.05) is 6.92 Å². The summed E-state index contributed by atoms with van der Waals surface area (Å²) < 4.78 is 26.9. The summed E-state index contributed by atoms with van der Waals surface area (Å²) in [4.78, 5) is 0. The lowest BCUT2D eigenvalue weighted by Crippen LogP contribution is -2.22. The summed E-state index contributed by atoms with van der Waals surface area (Å²) in [6.07, 6.45) is 1.39. The van der Waals surface area contributed by atoms with Crippen LogP contribution in [0, 0.1) is 23.5 Å². The normalized spacial score (nSPS) is 13.0. The first-order chi connectivity index (χ1) is 8.50. The fourth-order valence-electron chi connectivity index (χ4n) is 1.92. The zero-order valence-electron chi connectivity index (χ0n) is 11.5. The summed E-state index contributed by atoms with van der Waals surface area (Å²) in [7, 11) is 0. The molecule has 1 aromatic rings. The van der Waals surface area contributed by atoms with E-state index in [-0.39, 0.29) is 11.5 Å². The van der Waals surface area contributed by atoms with Crippen molar-refractivity contribution in [3.8, 4) is 0 Å². The van der Waals surface area contributed by atoms with Gasteiger partial charge in [0.1, 0.15) is 11.6 Å². The van der Waals surface area contributed by atoms with Gasteiger partial charge in [-0.15, -0.1) is 0 Å². The van der Waals surface area contributed by atoms with Gasteiger partial charge in [-0.1, -0.05) is 26.8 Å². The maximum Gasteiger partial charge on any atom is 0.129 e. The highest BCUT2D eigenvalue weighted by Gasteiger charge is 2.12. The molecule has 1 rings (SSSR count). The number of halogens is 2. The Morgan fingerprint density at radius 3 is 2.28 bits per heavy atom. The molecule has 0 saturated heterocycles. The lowest BCUT2D eigenvalue weighted by Gasteiger charge is -2.14. The summed E-state index contributed by atoms with van der Waals surface area (Å²) in [5.74, 6) is 0.0364. The van der Waals surface area contributed by atoms with Crippen LogP contribution in [0.1, 0.15) is 32.8 Å². The van der Waals surface area contributed by atoms with Crippen molar-refractivity contribution >= 4 is 0 Å². The van der Waals surface area contributed by atoms with E-state index in [0.29, 0.717) is 12.3 Å². The molecule has 18 heavy (non-hydrogen) atoms. The Labute approximate surface area is 109 Å². The van der Waals surface area contributed by atoms with Gasteiger partial charge in [0.05, 0.1) is 0 Å². The molecule has 3 heteroatoms. The number of nitrogens with one attached hydrogen (secondary N) is 1. The van der Waals surface area contributed by atoms with Crippen LogP contribution >= 0.6 is 0 Å². The maximum absolute atomic E-state index is 13.4. The molecule has 1 unspecified atom stereocenters. The Hall–Kier alpha value is -0.960. The monoisotopic (exact) mass is 255 g/mol. The van der Waals surface area contributed by atoms with Crippen LogP contribution in [0.2, 0.25) is 0 Å². The second-order valence-corrected chi connectivity index (χ2v) is 5.40. The third-order valence-electron chi connectivity index (χ3n) is 2.98. The van der Waals surface area contributed by atoms with Crippen LogP contribution in [0.5, 0.6) is 0 Å². The zero-order chi connectivity index (χ0) is 13.5. The van der Waals surface area contributed by atoms with Crippen molar-refractivity contribution < 1.29 is 8.78 Å². The van der Waals surface area contributed by atoms with Gasteiger partial charge < -0.3 is 5.32 Å². The largest absolute Gasteiger partial charge is 0.316 e. The van der Waals surface area contributed by atoms with Gasteiger partial charge in [-0.05, 0) is 49.9 Å². The summed E-state index contributed by atoms with van der Waals surface area (Å²) in [5, 5.41) is 3.34. The molecule has 0 aliphatic rings. The Morgan fingerprint density at radius 2 is 1.72 bits per heavy atom. The highest BCUT2D eigenvalue weighted by atomic mass is 19.1. The summed E-state index contributed by atoms with van der Waals surface area (Å²) in [6.45, 7) is 8.23. The van der Waals surface area contributed by atoms with Gasteiger partial charge in [-0.2, -0.15) is 0 Å². The number of hydrogen-bond acceptors (Lipinski definition) is 1. The number of hydrogen-bond donors (Lipinski definition) is 1. The van der Waals surface area contributed by atoms with E-state index >= 15 is 0 Å². The highest BCUT2D eigenvalue weighted by Crippen LogP contribution is 2.18. The lowest BCUT2D eigenvalue weighted by atomic mass is 9.97. The minimum atomic E-state index is -0.433. The standard InChI is InChI=1S/C15H23F2N/c1-11(2)10-18-8-7-12(3)9-13-14(16)5-4-6-15(13)17/h4-6,11-12,18H,7-10H2,1-3H3. The first kappa shape index (κ1) is 15.1. The van der Waals surface area contributed by atoms with Crippen LogP contribution in [0.3, 0.4) is 0 Å². The van der Waals surface area contributed by atoms with Crippen molar-refractivity contribution in [1.29, 1.82) is 0 Å². The predicted octanol–water partition coefficient (Wildman–Crippen LogP) is 3.78. The third-order valence-corrected chi connectivity index (χ3v) is 2.98. The molecule has 0 amide bonds. The molecule has 0 aliphatic carbocycles. The van der Waals surface area contributed by atoms with Crippen molar-refractivity contribution in [3.05, 3.63) is 35.4 Å². The Bertz CT molecular complexity index is 343. The second-order valence-electron chi connectivity index (χ2n) is 5.40. The fraction of sp³-hybridized carbons (Fsp3) is 0.600. The minimum Gasteiger partial charge on any atom is -0.316 e. The molecular weight excluding hydrogens is 232 g/mol. The van der Waals surface area contributed by atoms with Crippen molar-refractivity contribution in [2.24, 2.45) is 11.8 Å². The molecule has 0 fully saturated rings. The summed E-state index contributed by atoms with van der Waals surface area (Å²) in [5.41, 5.74) is 0.217. The van der Waals surface area contributed by atoms with Crippen LogP contribution in [0.4, 0.5) is 8.78 Å². The van der Waals surface area contributed by atoms with Crippen LogP contribution in [-0.4, -0.2) is 13.1 Å². The Morgan fingerprint density at radius 1 is 1.11 bits per heavy atom. The second kappa shape index (κ2) is 7.47. The van der Waals surface area contributed by atoms with E-state index in [1.165, 1.54) is 18.2 Å². The predicted molar refractivity (Wildman–Crippen MR) is 71.6 cm³/mol. The van der Waals surface area contributed by atoms with Gasteiger partial charge in [-0.3, -0.25) is 0 Å². The first-order valence-electron chi connectivity index (χ1n) is 6.64. The molecule has 1 atom stereocenters. The van der Waals surface area contributed by atoms with Crippen LogP contribution in [0.25, 0.3) is 0 Å². The molecule has 0 aromatic heterocycles. The van der Waals surface area contributed by atoms with Gasteiger partial charge in [0.2, 0.25) is 0 Å². The van der Waals surface area contributed by atoms with E-state index in [4.69, 9.17) is 0 Å². The Balaban J connectivity index is 2.38. The quantitative estimate of drug-likeness (QED) is 0.731. The smallest absolute Gasteiger partial charge is 0.129 e. The van der Waals surface area contributed by atoms with Gasteiger partial charge >= 0.3 is 0 Å². The molecule has 0 bridgehead atoms. The highest BCUT2D eigenvalue weighted by molar-refractivity contribution is 5.20. The number of benzene rings is 1. The topological polar surface area (TPSA) is 12.0 Å². The third kappa shape index (κ3) is 5.13. The Kier molecular flexibility index (Phi) is 6.27. The van der Waals surface area contributed by atoms with Gasteiger partial charge in [0.25, 0.3) is 0 Å². The zero-order valence-corrected chi connectivity index (χ0v) is 11.5. The van der Waals surface area contributed by atoms with Crippen LogP contribution < -0.4 is 5.32 Å². The molecule has 0 heterocycles. The van der Waals surface area contributed by atoms with Gasteiger partial charge in [0.15, 0.2) is 0 Å². The lowest BCUT2D eigenvalue weighted by molar-refractivity contribution is 0.455. The van der Waals surface area contributed by atoms with Gasteiger partial charge in [-0.25, -0.2) is 8.78 Å². The van der Waals surface area contributed by atoms with E-state index in [1.54, 1.807) is 0 Å². The molecule has 1 aromatic carbocycles. The molecule has 0 aliphatic heterocycles. The molecule has 0 spiro atoms. The van der Waals surface area contributed by atoms with E-state index in [0.717, 1.165) is 19.5 Å². The van der Waals surface area contributed by atoms with E-state index < -0.39 is 11.6 Å². The molecule has 102 valence electrons. The number of rotatable bonds is 7.